The normalized spacial score (nSPS) is 12.0. The first-order valence-corrected chi connectivity index (χ1v) is 6.25. The summed E-state index contributed by atoms with van der Waals surface area (Å²) in [5, 5.41) is 14.2. The zero-order valence-corrected chi connectivity index (χ0v) is 11.8. The SMILES string of the molecule is CC(O)CNC(=O)Nc1ccc(Br)cc1Br. The lowest BCUT2D eigenvalue weighted by Crippen LogP contribution is -2.34. The Kier molecular flexibility index (Phi) is 5.24. The van der Waals surface area contributed by atoms with Crippen molar-refractivity contribution >= 4 is 43.6 Å². The second-order valence-corrected chi connectivity index (χ2v) is 5.08. The third-order valence-corrected chi connectivity index (χ3v) is 2.89. The number of hydrogen-bond acceptors (Lipinski definition) is 2. The molecule has 4 nitrogen and oxygen atoms in total. The molecule has 2 amide bonds. The van der Waals surface area contributed by atoms with Gasteiger partial charge in [0.05, 0.1) is 11.8 Å². The minimum absolute atomic E-state index is 0.222. The average molecular weight is 352 g/mol. The van der Waals surface area contributed by atoms with Gasteiger partial charge >= 0.3 is 6.03 Å². The van der Waals surface area contributed by atoms with Gasteiger partial charge in [-0.2, -0.15) is 0 Å². The van der Waals surface area contributed by atoms with Gasteiger partial charge < -0.3 is 15.7 Å². The van der Waals surface area contributed by atoms with Crippen molar-refractivity contribution in [1.82, 2.24) is 5.32 Å². The summed E-state index contributed by atoms with van der Waals surface area (Å²) >= 11 is 6.65. The minimum Gasteiger partial charge on any atom is -0.392 e. The maximum Gasteiger partial charge on any atom is 0.319 e. The Labute approximate surface area is 111 Å². The summed E-state index contributed by atoms with van der Waals surface area (Å²) in [7, 11) is 0. The standard InChI is InChI=1S/C10H12Br2N2O2/c1-6(15)5-13-10(16)14-9-3-2-7(11)4-8(9)12/h2-4,6,15H,5H2,1H3,(H2,13,14,16). The van der Waals surface area contributed by atoms with E-state index in [0.717, 1.165) is 8.95 Å². The summed E-state index contributed by atoms with van der Waals surface area (Å²) in [6, 6.07) is 5.10. The number of benzene rings is 1. The molecule has 0 aromatic heterocycles. The van der Waals surface area contributed by atoms with Crippen LogP contribution in [0.1, 0.15) is 6.92 Å². The Hall–Kier alpha value is -0.590. The molecular formula is C10H12Br2N2O2. The zero-order valence-electron chi connectivity index (χ0n) is 8.63. The molecule has 0 saturated heterocycles. The van der Waals surface area contributed by atoms with Crippen molar-refractivity contribution in [3.63, 3.8) is 0 Å². The first-order valence-electron chi connectivity index (χ1n) is 4.67. The number of carbonyl (C=O) groups excluding carboxylic acids is 1. The van der Waals surface area contributed by atoms with Crippen LogP contribution in [0.4, 0.5) is 10.5 Å². The van der Waals surface area contributed by atoms with Gasteiger partial charge in [0.2, 0.25) is 0 Å². The van der Waals surface area contributed by atoms with E-state index < -0.39 is 6.10 Å². The van der Waals surface area contributed by atoms with E-state index in [-0.39, 0.29) is 12.6 Å². The van der Waals surface area contributed by atoms with Crippen LogP contribution in [0.15, 0.2) is 27.1 Å². The fourth-order valence-electron chi connectivity index (χ4n) is 0.998. The Balaban J connectivity index is 2.56. The van der Waals surface area contributed by atoms with Crippen molar-refractivity contribution in [3.05, 3.63) is 27.1 Å². The number of aliphatic hydroxyl groups is 1. The third kappa shape index (κ3) is 4.51. The zero-order chi connectivity index (χ0) is 12.1. The highest BCUT2D eigenvalue weighted by atomic mass is 79.9. The van der Waals surface area contributed by atoms with E-state index in [9.17, 15) is 4.79 Å². The van der Waals surface area contributed by atoms with Crippen molar-refractivity contribution in [3.8, 4) is 0 Å². The summed E-state index contributed by atoms with van der Waals surface area (Å²) in [5.74, 6) is 0. The van der Waals surface area contributed by atoms with Gasteiger partial charge in [-0.3, -0.25) is 0 Å². The van der Waals surface area contributed by atoms with E-state index in [2.05, 4.69) is 42.5 Å². The summed E-state index contributed by atoms with van der Waals surface area (Å²) in [5.41, 5.74) is 0.672. The van der Waals surface area contributed by atoms with Gasteiger partial charge in [0.15, 0.2) is 0 Å². The van der Waals surface area contributed by atoms with E-state index in [4.69, 9.17) is 5.11 Å². The number of aliphatic hydroxyl groups excluding tert-OH is 1. The average Bonchev–Trinajstić information content (AvgIpc) is 2.19. The Morgan fingerprint density at radius 2 is 2.19 bits per heavy atom. The van der Waals surface area contributed by atoms with Crippen LogP contribution in [0.25, 0.3) is 0 Å². The van der Waals surface area contributed by atoms with Crippen molar-refractivity contribution < 1.29 is 9.90 Å². The monoisotopic (exact) mass is 350 g/mol. The molecule has 88 valence electrons. The summed E-state index contributed by atoms with van der Waals surface area (Å²) in [6.45, 7) is 1.83. The number of urea groups is 1. The number of carbonyl (C=O) groups is 1. The molecule has 0 fully saturated rings. The summed E-state index contributed by atoms with van der Waals surface area (Å²) < 4.78 is 1.71. The van der Waals surface area contributed by atoms with Crippen LogP contribution < -0.4 is 10.6 Å². The van der Waals surface area contributed by atoms with Crippen LogP contribution >= 0.6 is 31.9 Å². The molecule has 0 spiro atoms. The smallest absolute Gasteiger partial charge is 0.319 e. The molecule has 0 radical (unpaired) electrons. The van der Waals surface area contributed by atoms with Gasteiger partial charge in [-0.15, -0.1) is 0 Å². The van der Waals surface area contributed by atoms with Crippen molar-refractivity contribution in [2.45, 2.75) is 13.0 Å². The Morgan fingerprint density at radius 1 is 1.50 bits per heavy atom. The van der Waals surface area contributed by atoms with Crippen LogP contribution in [0.3, 0.4) is 0 Å². The second-order valence-electron chi connectivity index (χ2n) is 3.31. The lowest BCUT2D eigenvalue weighted by Gasteiger charge is -2.10. The third-order valence-electron chi connectivity index (χ3n) is 1.74. The van der Waals surface area contributed by atoms with Gasteiger partial charge in [0.1, 0.15) is 0 Å². The molecule has 0 aliphatic heterocycles. The van der Waals surface area contributed by atoms with Gasteiger partial charge in [-0.05, 0) is 41.1 Å². The van der Waals surface area contributed by atoms with E-state index in [0.29, 0.717) is 5.69 Å². The Morgan fingerprint density at radius 3 is 2.75 bits per heavy atom. The topological polar surface area (TPSA) is 61.4 Å². The van der Waals surface area contributed by atoms with E-state index in [1.54, 1.807) is 13.0 Å². The first-order chi connectivity index (χ1) is 7.49. The minimum atomic E-state index is -0.556. The van der Waals surface area contributed by atoms with Crippen molar-refractivity contribution in [1.29, 1.82) is 0 Å². The molecule has 0 bridgehead atoms. The number of amides is 2. The molecule has 0 heterocycles. The largest absolute Gasteiger partial charge is 0.392 e. The molecule has 0 saturated carbocycles. The Bertz CT molecular complexity index is 383. The van der Waals surface area contributed by atoms with Crippen LogP contribution in [0.5, 0.6) is 0 Å². The molecule has 1 rings (SSSR count). The molecule has 0 aliphatic carbocycles. The van der Waals surface area contributed by atoms with Gasteiger partial charge in [0, 0.05) is 15.5 Å². The first kappa shape index (κ1) is 13.5. The van der Waals surface area contributed by atoms with Crippen LogP contribution in [-0.2, 0) is 0 Å². The van der Waals surface area contributed by atoms with Crippen LogP contribution in [0, 0.1) is 0 Å². The predicted octanol–water partition coefficient (Wildman–Crippen LogP) is 2.71. The lowest BCUT2D eigenvalue weighted by atomic mass is 10.3. The summed E-state index contributed by atoms with van der Waals surface area (Å²) in [6.07, 6.45) is -0.556. The van der Waals surface area contributed by atoms with Gasteiger partial charge in [0.25, 0.3) is 0 Å². The molecule has 0 aliphatic rings. The number of anilines is 1. The molecule has 1 aromatic carbocycles. The predicted molar refractivity (Wildman–Crippen MR) is 70.5 cm³/mol. The molecular weight excluding hydrogens is 340 g/mol. The van der Waals surface area contributed by atoms with Crippen LogP contribution in [0.2, 0.25) is 0 Å². The highest BCUT2D eigenvalue weighted by Crippen LogP contribution is 2.25. The molecule has 3 N–H and O–H groups in total. The molecule has 1 unspecified atom stereocenters. The number of halogens is 2. The number of hydrogen-bond donors (Lipinski definition) is 3. The number of rotatable bonds is 3. The van der Waals surface area contributed by atoms with Gasteiger partial charge in [-0.25, -0.2) is 4.79 Å². The maximum absolute atomic E-state index is 11.4. The fourth-order valence-corrected chi connectivity index (χ4v) is 2.14. The maximum atomic E-state index is 11.4. The quantitative estimate of drug-likeness (QED) is 0.784. The highest BCUT2D eigenvalue weighted by Gasteiger charge is 2.06. The van der Waals surface area contributed by atoms with E-state index in [1.807, 2.05) is 12.1 Å². The fraction of sp³-hybridized carbons (Fsp3) is 0.300. The molecule has 6 heteroatoms. The van der Waals surface area contributed by atoms with Crippen LogP contribution in [-0.4, -0.2) is 23.8 Å². The summed E-state index contributed by atoms with van der Waals surface area (Å²) in [4.78, 5) is 11.4. The second kappa shape index (κ2) is 6.22. The van der Waals surface area contributed by atoms with E-state index in [1.165, 1.54) is 0 Å². The lowest BCUT2D eigenvalue weighted by molar-refractivity contribution is 0.190. The number of nitrogens with one attached hydrogen (secondary N) is 2. The van der Waals surface area contributed by atoms with Crippen molar-refractivity contribution in [2.24, 2.45) is 0 Å². The van der Waals surface area contributed by atoms with Crippen molar-refractivity contribution in [2.75, 3.05) is 11.9 Å². The molecule has 16 heavy (non-hydrogen) atoms. The highest BCUT2D eigenvalue weighted by molar-refractivity contribution is 9.11. The van der Waals surface area contributed by atoms with E-state index >= 15 is 0 Å². The van der Waals surface area contributed by atoms with Gasteiger partial charge in [-0.1, -0.05) is 15.9 Å². The molecule has 1 aromatic rings. The molecule has 1 atom stereocenters.